The molecule has 13 heteroatoms. The van der Waals surface area contributed by atoms with Gasteiger partial charge < -0.3 is 14.2 Å². The lowest BCUT2D eigenvalue weighted by Gasteiger charge is -2.23. The number of carbonyl (C=O) groups is 1. The molecule has 208 valence electrons. The molecule has 0 atom stereocenters. The van der Waals surface area contributed by atoms with Crippen molar-refractivity contribution in [3.63, 3.8) is 0 Å². The monoisotopic (exact) mass is 657 g/mol. The molecule has 0 spiro atoms. The second-order valence-corrected chi connectivity index (χ2v) is 11.6. The van der Waals surface area contributed by atoms with E-state index < -0.39 is 22.5 Å². The van der Waals surface area contributed by atoms with Gasteiger partial charge in [-0.2, -0.15) is 5.10 Å². The van der Waals surface area contributed by atoms with E-state index in [1.807, 2.05) is 0 Å². The molecule has 3 rings (SSSR count). The summed E-state index contributed by atoms with van der Waals surface area (Å²) in [4.78, 5) is 12.6. The lowest BCUT2D eigenvalue weighted by molar-refractivity contribution is -0.119. The quantitative estimate of drug-likeness (QED) is 0.199. The molecule has 0 fully saturated rings. The van der Waals surface area contributed by atoms with Gasteiger partial charge in [-0.1, -0.05) is 41.4 Å². The van der Waals surface area contributed by atoms with E-state index in [-0.39, 0.29) is 12.3 Å². The third-order valence-corrected chi connectivity index (χ3v) is 7.47. The Labute approximate surface area is 245 Å². The van der Waals surface area contributed by atoms with E-state index in [9.17, 15) is 13.2 Å². The van der Waals surface area contributed by atoms with E-state index in [1.165, 1.54) is 13.3 Å². The van der Waals surface area contributed by atoms with Crippen LogP contribution in [0.2, 0.25) is 10.0 Å². The number of hydrogen-bond donors (Lipinski definition) is 1. The first-order valence-electron chi connectivity index (χ1n) is 11.5. The first-order chi connectivity index (χ1) is 18.5. The molecule has 0 aliphatic carbocycles. The molecule has 3 aromatic carbocycles. The highest BCUT2D eigenvalue weighted by Crippen LogP contribution is 2.37. The zero-order valence-corrected chi connectivity index (χ0v) is 25.2. The number of sulfonamides is 1. The number of anilines is 1. The number of halogens is 3. The van der Waals surface area contributed by atoms with Crippen LogP contribution >= 0.6 is 39.1 Å². The summed E-state index contributed by atoms with van der Waals surface area (Å²) >= 11 is 15.6. The third kappa shape index (κ3) is 8.50. The highest BCUT2D eigenvalue weighted by molar-refractivity contribution is 9.10. The van der Waals surface area contributed by atoms with Crippen LogP contribution in [0.5, 0.6) is 17.2 Å². The van der Waals surface area contributed by atoms with Crippen LogP contribution in [0, 0.1) is 0 Å². The summed E-state index contributed by atoms with van der Waals surface area (Å²) in [5.74, 6) is 0.563. The summed E-state index contributed by atoms with van der Waals surface area (Å²) in [6.45, 7) is 1.80. The van der Waals surface area contributed by atoms with E-state index >= 15 is 0 Å². The minimum atomic E-state index is -3.79. The molecule has 0 saturated heterocycles. The molecule has 0 bridgehead atoms. The number of nitrogens with one attached hydrogen (secondary N) is 1. The fourth-order valence-corrected chi connectivity index (χ4v) is 5.31. The first-order valence-corrected chi connectivity index (χ1v) is 14.9. The van der Waals surface area contributed by atoms with Gasteiger partial charge in [-0.3, -0.25) is 9.10 Å². The number of hydrazone groups is 1. The number of para-hydroxylation sites is 2. The standard InChI is InChI=1S/C26H26BrCl2N3O6S/c1-4-37-23-8-6-5-7-22(23)32(39(3,34)35)15-25(33)31-30-14-17-11-20(27)26(24(12-17)36-2)38-16-18-9-10-19(28)13-21(18)29/h5-14H,4,15-16H2,1-3H3,(H,31,33)/b30-14-. The van der Waals surface area contributed by atoms with Gasteiger partial charge in [0, 0.05) is 15.6 Å². The molecule has 1 N–H and O–H groups in total. The van der Waals surface area contributed by atoms with Gasteiger partial charge in [0.05, 0.1) is 36.3 Å². The second-order valence-electron chi connectivity index (χ2n) is 8.02. The van der Waals surface area contributed by atoms with E-state index in [0.717, 1.165) is 16.1 Å². The zero-order chi connectivity index (χ0) is 28.6. The van der Waals surface area contributed by atoms with E-state index in [4.69, 9.17) is 37.4 Å². The molecule has 0 aliphatic heterocycles. The minimum Gasteiger partial charge on any atom is -0.493 e. The van der Waals surface area contributed by atoms with Crippen molar-refractivity contribution in [1.29, 1.82) is 0 Å². The van der Waals surface area contributed by atoms with Crippen molar-refractivity contribution >= 4 is 67.0 Å². The van der Waals surface area contributed by atoms with Crippen molar-refractivity contribution in [3.8, 4) is 17.2 Å². The number of methoxy groups -OCH3 is 1. The molecular formula is C26H26BrCl2N3O6S. The largest absolute Gasteiger partial charge is 0.493 e. The Kier molecular flexibility index (Phi) is 10.9. The average molecular weight is 659 g/mol. The summed E-state index contributed by atoms with van der Waals surface area (Å²) in [6.07, 6.45) is 2.41. The summed E-state index contributed by atoms with van der Waals surface area (Å²) in [7, 11) is -2.30. The first kappa shape index (κ1) is 30.6. The molecule has 39 heavy (non-hydrogen) atoms. The van der Waals surface area contributed by atoms with Crippen molar-refractivity contribution in [2.45, 2.75) is 13.5 Å². The average Bonchev–Trinajstić information content (AvgIpc) is 2.87. The zero-order valence-electron chi connectivity index (χ0n) is 21.3. The third-order valence-electron chi connectivity index (χ3n) is 5.16. The topological polar surface area (TPSA) is 107 Å². The van der Waals surface area contributed by atoms with E-state index in [1.54, 1.807) is 61.5 Å². The summed E-state index contributed by atoms with van der Waals surface area (Å²) in [5, 5.41) is 4.97. The number of hydrogen-bond acceptors (Lipinski definition) is 7. The molecular weight excluding hydrogens is 633 g/mol. The number of carbonyl (C=O) groups excluding carboxylic acids is 1. The normalized spacial score (nSPS) is 11.3. The molecule has 3 aromatic rings. The van der Waals surface area contributed by atoms with Gasteiger partial charge in [0.15, 0.2) is 11.5 Å². The lowest BCUT2D eigenvalue weighted by Crippen LogP contribution is -2.39. The van der Waals surface area contributed by atoms with Crippen LogP contribution in [0.4, 0.5) is 5.69 Å². The van der Waals surface area contributed by atoms with Gasteiger partial charge in [0.2, 0.25) is 10.0 Å². The fourth-order valence-electron chi connectivity index (χ4n) is 3.41. The van der Waals surface area contributed by atoms with Crippen molar-refractivity contribution in [3.05, 3.63) is 80.2 Å². The van der Waals surface area contributed by atoms with Crippen LogP contribution < -0.4 is 23.9 Å². The number of ether oxygens (including phenoxy) is 3. The van der Waals surface area contributed by atoms with Crippen LogP contribution in [-0.2, 0) is 21.4 Å². The number of rotatable bonds is 12. The Morgan fingerprint density at radius 1 is 1.10 bits per heavy atom. The molecule has 0 heterocycles. The maximum absolute atomic E-state index is 12.6. The van der Waals surface area contributed by atoms with Gasteiger partial charge in [-0.05, 0) is 64.8 Å². The fraction of sp³-hybridized carbons (Fsp3) is 0.231. The van der Waals surface area contributed by atoms with Crippen molar-refractivity contribution in [2.24, 2.45) is 5.10 Å². The summed E-state index contributed by atoms with van der Waals surface area (Å²) in [5.41, 5.74) is 3.94. The summed E-state index contributed by atoms with van der Waals surface area (Å²) < 4.78 is 43.3. The second kappa shape index (κ2) is 13.9. The van der Waals surface area contributed by atoms with Crippen molar-refractivity contribution in [1.82, 2.24) is 5.43 Å². The maximum atomic E-state index is 12.6. The van der Waals surface area contributed by atoms with Gasteiger partial charge in [-0.25, -0.2) is 13.8 Å². The summed E-state index contributed by atoms with van der Waals surface area (Å²) in [6, 6.07) is 15.1. The highest BCUT2D eigenvalue weighted by atomic mass is 79.9. The molecule has 0 unspecified atom stereocenters. The van der Waals surface area contributed by atoms with Crippen LogP contribution in [0.1, 0.15) is 18.1 Å². The molecule has 0 saturated carbocycles. The SMILES string of the molecule is CCOc1ccccc1N(CC(=O)N/N=C\c1cc(Br)c(OCc2ccc(Cl)cc2Cl)c(OC)c1)S(C)(=O)=O. The molecule has 0 aromatic heterocycles. The van der Waals surface area contributed by atoms with Crippen LogP contribution in [0.3, 0.4) is 0 Å². The van der Waals surface area contributed by atoms with Crippen LogP contribution in [0.15, 0.2) is 64.2 Å². The number of nitrogens with zero attached hydrogens (tertiary/aromatic N) is 2. The molecule has 9 nitrogen and oxygen atoms in total. The molecule has 0 radical (unpaired) electrons. The van der Waals surface area contributed by atoms with Crippen LogP contribution in [-0.4, -0.2) is 47.1 Å². The highest BCUT2D eigenvalue weighted by Gasteiger charge is 2.23. The van der Waals surface area contributed by atoms with Gasteiger partial charge in [0.25, 0.3) is 5.91 Å². The molecule has 1 amide bonds. The van der Waals surface area contributed by atoms with Crippen LogP contribution in [0.25, 0.3) is 0 Å². The lowest BCUT2D eigenvalue weighted by atomic mass is 10.2. The van der Waals surface area contributed by atoms with E-state index in [2.05, 4.69) is 26.5 Å². The Bertz CT molecular complexity index is 1470. The molecule has 0 aliphatic rings. The predicted octanol–water partition coefficient (Wildman–Crippen LogP) is 5.66. The maximum Gasteiger partial charge on any atom is 0.260 e. The predicted molar refractivity (Wildman–Crippen MR) is 157 cm³/mol. The van der Waals surface area contributed by atoms with E-state index in [0.29, 0.717) is 43.9 Å². The van der Waals surface area contributed by atoms with Crippen molar-refractivity contribution in [2.75, 3.05) is 30.8 Å². The van der Waals surface area contributed by atoms with Gasteiger partial charge >= 0.3 is 0 Å². The smallest absolute Gasteiger partial charge is 0.260 e. The number of benzene rings is 3. The van der Waals surface area contributed by atoms with Gasteiger partial charge in [0.1, 0.15) is 18.9 Å². The minimum absolute atomic E-state index is 0.178. The Morgan fingerprint density at radius 2 is 1.85 bits per heavy atom. The Hall–Kier alpha value is -2.99. The number of amides is 1. The Morgan fingerprint density at radius 3 is 2.51 bits per heavy atom. The Balaban J connectivity index is 1.71. The van der Waals surface area contributed by atoms with Crippen molar-refractivity contribution < 1.29 is 27.4 Å². The van der Waals surface area contributed by atoms with Gasteiger partial charge in [-0.15, -0.1) is 0 Å².